The summed E-state index contributed by atoms with van der Waals surface area (Å²) >= 11 is 0.644. The molecule has 40 heavy (non-hydrogen) atoms. The summed E-state index contributed by atoms with van der Waals surface area (Å²) in [6, 6.07) is 10.1. The van der Waals surface area contributed by atoms with Crippen LogP contribution in [0.25, 0.3) is 6.08 Å². The van der Waals surface area contributed by atoms with Crippen LogP contribution in [0.1, 0.15) is 27.8 Å². The van der Waals surface area contributed by atoms with Gasteiger partial charge in [0.05, 0.1) is 27.4 Å². The Morgan fingerprint density at radius 2 is 1.80 bits per heavy atom. The number of rotatable bonds is 4. The number of halogens is 4. The molecule has 8 nitrogen and oxygen atoms in total. The Morgan fingerprint density at radius 3 is 2.45 bits per heavy atom. The number of aryl methyl sites for hydroxylation is 2. The Hall–Kier alpha value is -4.65. The molecule has 13 heteroatoms. The molecule has 0 aromatic heterocycles. The van der Waals surface area contributed by atoms with E-state index in [0.717, 1.165) is 16.0 Å². The number of nitrogens with zero attached hydrogens (tertiary/aromatic N) is 2. The Kier molecular flexibility index (Phi) is 6.62. The number of thioether (sulfide) groups is 1. The van der Waals surface area contributed by atoms with Gasteiger partial charge in [-0.1, -0.05) is 18.2 Å². The van der Waals surface area contributed by atoms with Crippen LogP contribution < -0.4 is 15.6 Å². The first-order valence-corrected chi connectivity index (χ1v) is 12.4. The van der Waals surface area contributed by atoms with Gasteiger partial charge in [-0.25, -0.2) is 4.39 Å². The number of aromatic hydroxyl groups is 1. The van der Waals surface area contributed by atoms with Gasteiger partial charge >= 0.3 is 6.18 Å². The number of alkyl halides is 3. The van der Waals surface area contributed by atoms with E-state index in [4.69, 9.17) is 0 Å². The highest BCUT2D eigenvalue weighted by atomic mass is 32.2. The number of para-hydroxylation sites is 1. The highest BCUT2D eigenvalue weighted by Crippen LogP contribution is 2.42. The molecular weight excluding hydrogens is 552 g/mol. The second kappa shape index (κ2) is 9.83. The first-order chi connectivity index (χ1) is 18.8. The largest absolute Gasteiger partial charge is 0.505 e. The summed E-state index contributed by atoms with van der Waals surface area (Å²) in [7, 11) is 0. The van der Waals surface area contributed by atoms with Gasteiger partial charge in [-0.2, -0.15) is 18.3 Å². The third kappa shape index (κ3) is 4.79. The number of hydrogen-bond donors (Lipinski definition) is 3. The summed E-state index contributed by atoms with van der Waals surface area (Å²) in [6.07, 6.45) is -3.60. The zero-order valence-corrected chi connectivity index (χ0v) is 21.5. The average Bonchev–Trinajstić information content (AvgIpc) is 3.35. The van der Waals surface area contributed by atoms with E-state index in [1.54, 1.807) is 19.1 Å². The zero-order valence-electron chi connectivity index (χ0n) is 20.7. The summed E-state index contributed by atoms with van der Waals surface area (Å²) in [6.45, 7) is 3.58. The summed E-state index contributed by atoms with van der Waals surface area (Å²) < 4.78 is 55.8. The van der Waals surface area contributed by atoms with Crippen LogP contribution >= 0.6 is 11.8 Å². The molecule has 0 radical (unpaired) electrons. The van der Waals surface area contributed by atoms with Gasteiger partial charge < -0.3 is 5.11 Å². The fourth-order valence-corrected chi connectivity index (χ4v) is 4.83. The smallest absolute Gasteiger partial charge is 0.416 e. The van der Waals surface area contributed by atoms with Gasteiger partial charge in [0.15, 0.2) is 5.71 Å². The lowest BCUT2D eigenvalue weighted by molar-refractivity contribution is -0.137. The second-order valence-electron chi connectivity index (χ2n) is 8.93. The average molecular weight is 571 g/mol. The minimum atomic E-state index is -4.87. The number of carbonyl (C=O) groups excluding carboxylic acids is 3. The van der Waals surface area contributed by atoms with Crippen LogP contribution in [0.5, 0.6) is 5.75 Å². The Bertz CT molecular complexity index is 1680. The number of carbonyl (C=O) groups is 3. The van der Waals surface area contributed by atoms with Crippen molar-refractivity contribution in [1.29, 1.82) is 0 Å². The first-order valence-electron chi connectivity index (χ1n) is 11.6. The zero-order chi connectivity index (χ0) is 28.9. The summed E-state index contributed by atoms with van der Waals surface area (Å²) in [5.74, 6) is -3.24. The van der Waals surface area contributed by atoms with E-state index in [1.807, 2.05) is 6.92 Å². The Balaban J connectivity index is 1.58. The van der Waals surface area contributed by atoms with E-state index in [2.05, 4.69) is 15.8 Å². The van der Waals surface area contributed by atoms with Gasteiger partial charge in [0.2, 0.25) is 0 Å². The van der Waals surface area contributed by atoms with Crippen LogP contribution in [0.15, 0.2) is 58.5 Å². The lowest BCUT2D eigenvalue weighted by Gasteiger charge is -2.19. The fourth-order valence-electron chi connectivity index (χ4n) is 4.16. The molecule has 2 aliphatic rings. The van der Waals surface area contributed by atoms with Crippen LogP contribution in [0, 0.1) is 19.7 Å². The normalized spacial score (nSPS) is 17.1. The highest BCUT2D eigenvalue weighted by Gasteiger charge is 2.41. The van der Waals surface area contributed by atoms with Crippen LogP contribution in [0.4, 0.5) is 39.4 Å². The van der Waals surface area contributed by atoms with E-state index in [-0.39, 0.29) is 27.5 Å². The quantitative estimate of drug-likeness (QED) is 0.154. The maximum Gasteiger partial charge on any atom is 0.416 e. The third-order valence-electron chi connectivity index (χ3n) is 6.31. The molecule has 3 amide bonds. The van der Waals surface area contributed by atoms with E-state index in [9.17, 15) is 32.7 Å². The Morgan fingerprint density at radius 1 is 1.05 bits per heavy atom. The summed E-state index contributed by atoms with van der Waals surface area (Å²) in [4.78, 5) is 37.8. The lowest BCUT2D eigenvalue weighted by atomic mass is 10.1. The number of nitrogens with one attached hydrogen (secondary N) is 2. The maximum atomic E-state index is 15.2. The molecule has 0 atom stereocenters. The molecule has 0 saturated carbocycles. The molecule has 3 N–H and O–H groups in total. The van der Waals surface area contributed by atoms with Crippen molar-refractivity contribution in [3.05, 3.63) is 87.1 Å². The molecule has 2 heterocycles. The van der Waals surface area contributed by atoms with Gasteiger partial charge in [-0.05, 0) is 73.1 Å². The van der Waals surface area contributed by atoms with E-state index in [0.29, 0.717) is 23.9 Å². The Labute approximate surface area is 228 Å². The molecule has 1 saturated heterocycles. The first kappa shape index (κ1) is 26.9. The molecule has 0 bridgehead atoms. The van der Waals surface area contributed by atoms with Crippen molar-refractivity contribution in [2.24, 2.45) is 5.10 Å². The van der Waals surface area contributed by atoms with Crippen molar-refractivity contribution in [3.8, 4) is 5.75 Å². The number of phenols is 1. The van der Waals surface area contributed by atoms with Crippen LogP contribution in [-0.4, -0.2) is 27.9 Å². The van der Waals surface area contributed by atoms with Gasteiger partial charge in [0, 0.05) is 11.3 Å². The maximum absolute atomic E-state index is 15.2. The molecule has 0 unspecified atom stereocenters. The van der Waals surface area contributed by atoms with Crippen LogP contribution in [-0.2, 0) is 15.8 Å². The number of hydrogen-bond acceptors (Lipinski definition) is 7. The predicted octanol–water partition coefficient (Wildman–Crippen LogP) is 5.99. The molecule has 3 aromatic carbocycles. The van der Waals surface area contributed by atoms with Crippen molar-refractivity contribution in [1.82, 2.24) is 5.32 Å². The number of hydrazone groups is 1. The second-order valence-corrected chi connectivity index (χ2v) is 9.94. The molecule has 0 spiro atoms. The number of imide groups is 1. The molecule has 3 aromatic rings. The molecule has 5 rings (SSSR count). The minimum Gasteiger partial charge on any atom is -0.505 e. The monoisotopic (exact) mass is 570 g/mol. The highest BCUT2D eigenvalue weighted by molar-refractivity contribution is 8.18. The van der Waals surface area contributed by atoms with Gasteiger partial charge in [-0.3, -0.25) is 30.0 Å². The fraction of sp³-hybridized carbons (Fsp3) is 0.111. The molecular formula is C27H18F4N4O4S. The number of benzene rings is 3. The molecule has 1 fully saturated rings. The van der Waals surface area contributed by atoms with Gasteiger partial charge in [0.25, 0.3) is 17.1 Å². The third-order valence-corrected chi connectivity index (χ3v) is 7.12. The predicted molar refractivity (Wildman–Crippen MR) is 142 cm³/mol. The summed E-state index contributed by atoms with van der Waals surface area (Å²) in [5.41, 5.74) is 1.84. The number of fused-ring (bicyclic) bond motifs is 1. The van der Waals surface area contributed by atoms with Gasteiger partial charge in [0.1, 0.15) is 11.6 Å². The molecule has 0 aliphatic carbocycles. The van der Waals surface area contributed by atoms with Crippen molar-refractivity contribution >= 4 is 57.7 Å². The topological polar surface area (TPSA) is 111 Å². The van der Waals surface area contributed by atoms with E-state index < -0.39 is 51.6 Å². The molecule has 2 aliphatic heterocycles. The van der Waals surface area contributed by atoms with Crippen molar-refractivity contribution < 1.29 is 37.1 Å². The number of amides is 3. The van der Waals surface area contributed by atoms with Crippen LogP contribution in [0.2, 0.25) is 0 Å². The minimum absolute atomic E-state index is 0.0373. The van der Waals surface area contributed by atoms with Crippen molar-refractivity contribution in [2.75, 3.05) is 10.3 Å². The van der Waals surface area contributed by atoms with E-state index in [1.165, 1.54) is 30.3 Å². The summed E-state index contributed by atoms with van der Waals surface area (Å²) in [5, 5.41) is 16.2. The SMILES string of the molecule is Cc1ccc(N2C(=O)C(=NNc3cccc(C=C4SC(=O)NC4=O)c3O)c3c(F)cc(C(F)(F)F)cc32)cc1C. The molecule has 204 valence electrons. The standard InChI is InChI=1S/C27H18F4N4O4S/c1-12-6-7-16(8-13(12)2)35-19-11-15(27(29,30)31)10-17(28)21(19)22(25(35)38)34-33-18-5-3-4-14(23(18)36)9-20-24(37)32-26(39)40-20/h3-11,33,36H,1-2H3,(H,32,37,39). The van der Waals surface area contributed by atoms with E-state index >= 15 is 4.39 Å². The number of anilines is 3. The van der Waals surface area contributed by atoms with Crippen molar-refractivity contribution in [2.45, 2.75) is 20.0 Å². The number of phenolic OH excluding ortho intramolecular Hbond substituents is 1. The van der Waals surface area contributed by atoms with Crippen molar-refractivity contribution in [3.63, 3.8) is 0 Å². The van der Waals surface area contributed by atoms with Crippen LogP contribution in [0.3, 0.4) is 0 Å². The lowest BCUT2D eigenvalue weighted by Crippen LogP contribution is -2.26. The van der Waals surface area contributed by atoms with Gasteiger partial charge in [-0.15, -0.1) is 0 Å².